The Morgan fingerprint density at radius 2 is 2.50 bits per heavy atom. The second-order valence-corrected chi connectivity index (χ2v) is 2.75. The average Bonchev–Trinajstić information content (AvgIpc) is 2.16. The molecule has 1 saturated heterocycles. The first-order chi connectivity index (χ1) is 5.79. The number of ether oxygens (including phenoxy) is 1. The van der Waals surface area contributed by atoms with Crippen LogP contribution < -0.4 is 0 Å². The summed E-state index contributed by atoms with van der Waals surface area (Å²) in [4.78, 5) is 1.75. The van der Waals surface area contributed by atoms with Crippen LogP contribution in [0.3, 0.4) is 0 Å². The first-order valence-corrected chi connectivity index (χ1v) is 4.10. The molecule has 1 aliphatic heterocycles. The van der Waals surface area contributed by atoms with Crippen molar-refractivity contribution in [1.29, 1.82) is 0 Å². The highest BCUT2D eigenvalue weighted by Gasteiger charge is 2.23. The largest absolute Gasteiger partial charge is 0.495 e. The highest BCUT2D eigenvalue weighted by molar-refractivity contribution is 4.93. The molecule has 0 amide bonds. The first kappa shape index (κ1) is 9.35. The quantitative estimate of drug-likeness (QED) is 0.581. The van der Waals surface area contributed by atoms with Crippen molar-refractivity contribution in [2.45, 2.75) is 13.0 Å². The second kappa shape index (κ2) is 4.33. The first-order valence-electron chi connectivity index (χ1n) is 4.10. The lowest BCUT2D eigenvalue weighted by molar-refractivity contribution is -0.0307. The molecule has 4 heteroatoms. The van der Waals surface area contributed by atoms with Crippen molar-refractivity contribution in [3.63, 3.8) is 0 Å². The van der Waals surface area contributed by atoms with E-state index in [1.807, 2.05) is 0 Å². The summed E-state index contributed by atoms with van der Waals surface area (Å²) in [6.45, 7) is 3.50. The van der Waals surface area contributed by atoms with Crippen LogP contribution in [0.25, 0.3) is 0 Å². The fourth-order valence-corrected chi connectivity index (χ4v) is 1.27. The number of morpholine rings is 1. The minimum absolute atomic E-state index is 0.0118. The maximum atomic E-state index is 9.40. The van der Waals surface area contributed by atoms with Gasteiger partial charge in [0.2, 0.25) is 0 Å². The van der Waals surface area contributed by atoms with Crippen molar-refractivity contribution < 1.29 is 14.9 Å². The number of aliphatic hydroxyl groups excluding tert-OH is 2. The van der Waals surface area contributed by atoms with Gasteiger partial charge in [-0.1, -0.05) is 0 Å². The Bertz CT molecular complexity index is 170. The van der Waals surface area contributed by atoms with Crippen molar-refractivity contribution in [2.75, 3.05) is 26.4 Å². The summed E-state index contributed by atoms with van der Waals surface area (Å²) in [7, 11) is 0. The zero-order chi connectivity index (χ0) is 8.97. The third kappa shape index (κ3) is 1.89. The van der Waals surface area contributed by atoms with E-state index in [9.17, 15) is 5.11 Å². The van der Waals surface area contributed by atoms with Gasteiger partial charge in [0.25, 0.3) is 0 Å². The van der Waals surface area contributed by atoms with Gasteiger partial charge in [-0.2, -0.15) is 0 Å². The van der Waals surface area contributed by atoms with E-state index in [-0.39, 0.29) is 18.5 Å². The van der Waals surface area contributed by atoms with Gasteiger partial charge in [0, 0.05) is 6.54 Å². The van der Waals surface area contributed by atoms with Gasteiger partial charge in [0.1, 0.15) is 0 Å². The van der Waals surface area contributed by atoms with Gasteiger partial charge in [-0.3, -0.25) is 0 Å². The van der Waals surface area contributed by atoms with Crippen molar-refractivity contribution >= 4 is 0 Å². The fourth-order valence-electron chi connectivity index (χ4n) is 1.27. The molecule has 70 valence electrons. The van der Waals surface area contributed by atoms with Crippen molar-refractivity contribution in [3.8, 4) is 0 Å². The Balaban J connectivity index is 2.58. The molecule has 0 aromatic heterocycles. The van der Waals surface area contributed by atoms with Crippen LogP contribution >= 0.6 is 0 Å². The summed E-state index contributed by atoms with van der Waals surface area (Å²) in [5, 5.41) is 18.4. The molecule has 1 rings (SSSR count). The summed E-state index contributed by atoms with van der Waals surface area (Å²) in [6, 6.07) is -0.102. The van der Waals surface area contributed by atoms with E-state index >= 15 is 0 Å². The molecule has 1 aliphatic rings. The molecule has 12 heavy (non-hydrogen) atoms. The SMILES string of the molecule is C/C=C(\O)N1CCOC[C@@H]1CO. The standard InChI is InChI=1S/C8H15NO3/c1-2-8(11)9-3-4-12-6-7(9)5-10/h2,7,10-11H,3-6H2,1H3/b8-2-/t7-/m0/s1. The second-order valence-electron chi connectivity index (χ2n) is 2.75. The Labute approximate surface area is 72.1 Å². The minimum Gasteiger partial charge on any atom is -0.495 e. The van der Waals surface area contributed by atoms with Crippen LogP contribution in [0.5, 0.6) is 0 Å². The number of rotatable bonds is 2. The predicted octanol–water partition coefficient (Wildman–Crippen LogP) is 0.0988. The zero-order valence-corrected chi connectivity index (χ0v) is 7.23. The van der Waals surface area contributed by atoms with Gasteiger partial charge in [-0.15, -0.1) is 0 Å². The predicted molar refractivity (Wildman–Crippen MR) is 44.8 cm³/mol. The summed E-state index contributed by atoms with van der Waals surface area (Å²) < 4.78 is 5.16. The molecule has 0 spiro atoms. The smallest absolute Gasteiger partial charge is 0.182 e. The Morgan fingerprint density at radius 3 is 3.08 bits per heavy atom. The van der Waals surface area contributed by atoms with Crippen molar-refractivity contribution in [1.82, 2.24) is 4.90 Å². The van der Waals surface area contributed by atoms with Gasteiger partial charge in [-0.05, 0) is 13.0 Å². The molecule has 1 atom stereocenters. The summed E-state index contributed by atoms with van der Waals surface area (Å²) in [5.74, 6) is 0.220. The third-order valence-electron chi connectivity index (χ3n) is 1.99. The van der Waals surface area contributed by atoms with E-state index in [1.54, 1.807) is 17.9 Å². The molecule has 0 aromatic rings. The number of hydrogen-bond donors (Lipinski definition) is 2. The van der Waals surface area contributed by atoms with Crippen LogP contribution in [0.2, 0.25) is 0 Å². The van der Waals surface area contributed by atoms with E-state index < -0.39 is 0 Å². The molecular formula is C8H15NO3. The number of nitrogens with zero attached hydrogens (tertiary/aromatic N) is 1. The Morgan fingerprint density at radius 1 is 1.75 bits per heavy atom. The maximum absolute atomic E-state index is 9.40. The molecule has 1 heterocycles. The van der Waals surface area contributed by atoms with E-state index in [2.05, 4.69) is 0 Å². The third-order valence-corrected chi connectivity index (χ3v) is 1.99. The van der Waals surface area contributed by atoms with E-state index in [0.29, 0.717) is 19.8 Å². The number of hydrogen-bond acceptors (Lipinski definition) is 4. The van der Waals surface area contributed by atoms with Gasteiger partial charge in [-0.25, -0.2) is 0 Å². The summed E-state index contributed by atoms with van der Waals surface area (Å²) >= 11 is 0. The van der Waals surface area contributed by atoms with Gasteiger partial charge >= 0.3 is 0 Å². The molecule has 0 aliphatic carbocycles. The lowest BCUT2D eigenvalue weighted by atomic mass is 10.2. The Hall–Kier alpha value is -0.740. The van der Waals surface area contributed by atoms with E-state index in [1.165, 1.54) is 0 Å². The molecule has 4 nitrogen and oxygen atoms in total. The molecular weight excluding hydrogens is 158 g/mol. The molecule has 0 aromatic carbocycles. The molecule has 2 N–H and O–H groups in total. The van der Waals surface area contributed by atoms with Crippen LogP contribution in [-0.4, -0.2) is 47.5 Å². The maximum Gasteiger partial charge on any atom is 0.182 e. The van der Waals surface area contributed by atoms with E-state index in [0.717, 1.165) is 0 Å². The van der Waals surface area contributed by atoms with Crippen LogP contribution in [0, 0.1) is 0 Å². The van der Waals surface area contributed by atoms with Crippen molar-refractivity contribution in [3.05, 3.63) is 12.0 Å². The minimum atomic E-state index is -0.102. The highest BCUT2D eigenvalue weighted by atomic mass is 16.5. The molecule has 1 fully saturated rings. The molecule has 0 unspecified atom stereocenters. The lowest BCUT2D eigenvalue weighted by Crippen LogP contribution is -2.46. The monoisotopic (exact) mass is 173 g/mol. The summed E-state index contributed by atoms with van der Waals surface area (Å²) in [6.07, 6.45) is 1.62. The normalized spacial score (nSPS) is 26.0. The van der Waals surface area contributed by atoms with Crippen LogP contribution in [0.15, 0.2) is 12.0 Å². The van der Waals surface area contributed by atoms with Crippen molar-refractivity contribution in [2.24, 2.45) is 0 Å². The molecule has 0 saturated carbocycles. The number of aliphatic hydroxyl groups is 2. The topological polar surface area (TPSA) is 52.9 Å². The van der Waals surface area contributed by atoms with Gasteiger partial charge < -0.3 is 19.8 Å². The van der Waals surface area contributed by atoms with Crippen LogP contribution in [0.4, 0.5) is 0 Å². The Kier molecular flexibility index (Phi) is 3.37. The van der Waals surface area contributed by atoms with Crippen LogP contribution in [0.1, 0.15) is 6.92 Å². The van der Waals surface area contributed by atoms with E-state index in [4.69, 9.17) is 9.84 Å². The highest BCUT2D eigenvalue weighted by Crippen LogP contribution is 2.11. The van der Waals surface area contributed by atoms with Gasteiger partial charge in [0.15, 0.2) is 5.88 Å². The fraction of sp³-hybridized carbons (Fsp3) is 0.750. The molecule has 0 bridgehead atoms. The molecule has 0 radical (unpaired) electrons. The zero-order valence-electron chi connectivity index (χ0n) is 7.23. The van der Waals surface area contributed by atoms with Gasteiger partial charge in [0.05, 0.1) is 25.9 Å². The lowest BCUT2D eigenvalue weighted by Gasteiger charge is -2.35. The summed E-state index contributed by atoms with van der Waals surface area (Å²) in [5.41, 5.74) is 0. The number of allylic oxidation sites excluding steroid dienone is 1. The van der Waals surface area contributed by atoms with Crippen LogP contribution in [-0.2, 0) is 4.74 Å². The average molecular weight is 173 g/mol.